The second-order valence-corrected chi connectivity index (χ2v) is 7.11. The summed E-state index contributed by atoms with van der Waals surface area (Å²) in [4.78, 5) is 4.51. The molecule has 0 radical (unpaired) electrons. The van der Waals surface area contributed by atoms with Crippen molar-refractivity contribution in [3.05, 3.63) is 59.1 Å². The average molecular weight is 355 g/mol. The summed E-state index contributed by atoms with van der Waals surface area (Å²) >= 11 is 0. The van der Waals surface area contributed by atoms with Gasteiger partial charge in [-0.15, -0.1) is 0 Å². The summed E-state index contributed by atoms with van der Waals surface area (Å²) in [5, 5.41) is 14.5. The maximum absolute atomic E-state index is 13.6. The fourth-order valence-corrected chi connectivity index (χ4v) is 3.24. The van der Waals surface area contributed by atoms with Crippen LogP contribution in [0.15, 0.2) is 35.0 Å². The first-order chi connectivity index (χ1) is 12.5. The number of aliphatic hydroxyl groups excluding tert-OH is 1. The number of aryl methyl sites for hydroxylation is 1. The Balaban J connectivity index is 1.66. The highest BCUT2D eigenvalue weighted by molar-refractivity contribution is 5.65. The van der Waals surface area contributed by atoms with Crippen molar-refractivity contribution in [2.75, 3.05) is 0 Å². The normalized spacial score (nSPS) is 15.4. The van der Waals surface area contributed by atoms with E-state index in [4.69, 9.17) is 4.42 Å². The Labute approximate surface area is 151 Å². The van der Waals surface area contributed by atoms with Crippen molar-refractivity contribution in [2.45, 2.75) is 45.8 Å². The minimum atomic E-state index is -0.805. The summed E-state index contributed by atoms with van der Waals surface area (Å²) in [7, 11) is 0. The molecule has 1 fully saturated rings. The molecule has 0 spiro atoms. The minimum Gasteiger partial charge on any atom is -0.441 e. The molecule has 1 aliphatic rings. The van der Waals surface area contributed by atoms with Gasteiger partial charge in [0.25, 0.3) is 0 Å². The number of hydrogen-bond donors (Lipinski definition) is 1. The number of benzene rings is 1. The van der Waals surface area contributed by atoms with E-state index in [0.29, 0.717) is 29.2 Å². The van der Waals surface area contributed by atoms with Crippen LogP contribution in [0.1, 0.15) is 48.6 Å². The highest BCUT2D eigenvalue weighted by Crippen LogP contribution is 2.33. The van der Waals surface area contributed by atoms with E-state index in [1.54, 1.807) is 19.9 Å². The summed E-state index contributed by atoms with van der Waals surface area (Å²) in [6.45, 7) is 4.37. The van der Waals surface area contributed by atoms with Gasteiger partial charge < -0.3 is 9.52 Å². The third-order valence-electron chi connectivity index (χ3n) is 4.71. The first-order valence-corrected chi connectivity index (χ1v) is 8.95. The van der Waals surface area contributed by atoms with Gasteiger partial charge in [-0.25, -0.2) is 9.37 Å². The Morgan fingerprint density at radius 3 is 2.92 bits per heavy atom. The lowest BCUT2D eigenvalue weighted by Gasteiger charge is -2.11. The molecule has 1 unspecified atom stereocenters. The molecule has 136 valence electrons. The highest BCUT2D eigenvalue weighted by atomic mass is 19.1. The molecule has 0 amide bonds. The zero-order chi connectivity index (χ0) is 18.3. The Bertz CT molecular complexity index is 925. The van der Waals surface area contributed by atoms with Gasteiger partial charge in [0.05, 0.1) is 18.0 Å². The van der Waals surface area contributed by atoms with Crippen LogP contribution in [-0.4, -0.2) is 19.9 Å². The molecule has 2 heterocycles. The zero-order valence-electron chi connectivity index (χ0n) is 14.9. The molecule has 1 aromatic carbocycles. The third kappa shape index (κ3) is 3.55. The maximum Gasteiger partial charge on any atom is 0.192 e. The van der Waals surface area contributed by atoms with Crippen molar-refractivity contribution in [1.82, 2.24) is 14.8 Å². The van der Waals surface area contributed by atoms with Crippen LogP contribution in [-0.2, 0) is 13.0 Å². The maximum atomic E-state index is 13.6. The summed E-state index contributed by atoms with van der Waals surface area (Å²) in [6, 6.07) is 4.35. The number of oxazole rings is 1. The largest absolute Gasteiger partial charge is 0.441 e. The van der Waals surface area contributed by atoms with E-state index in [2.05, 4.69) is 10.1 Å². The van der Waals surface area contributed by atoms with E-state index in [0.717, 1.165) is 23.7 Å². The predicted molar refractivity (Wildman–Crippen MR) is 95.0 cm³/mol. The van der Waals surface area contributed by atoms with Crippen molar-refractivity contribution in [3.63, 3.8) is 0 Å². The van der Waals surface area contributed by atoms with E-state index in [1.807, 2.05) is 17.1 Å². The molecule has 26 heavy (non-hydrogen) atoms. The summed E-state index contributed by atoms with van der Waals surface area (Å²) < 4.78 is 21.4. The van der Waals surface area contributed by atoms with Gasteiger partial charge in [-0.2, -0.15) is 5.10 Å². The summed E-state index contributed by atoms with van der Waals surface area (Å²) in [5.41, 5.74) is 2.98. The van der Waals surface area contributed by atoms with Crippen LogP contribution in [0.2, 0.25) is 0 Å². The van der Waals surface area contributed by atoms with Gasteiger partial charge in [0, 0.05) is 31.6 Å². The number of rotatable bonds is 6. The predicted octanol–water partition coefficient (Wildman–Crippen LogP) is 4.04. The summed E-state index contributed by atoms with van der Waals surface area (Å²) in [6.07, 6.45) is 6.25. The molecule has 0 saturated heterocycles. The van der Waals surface area contributed by atoms with Crippen molar-refractivity contribution < 1.29 is 13.9 Å². The Kier molecular flexibility index (Phi) is 4.36. The Hall–Kier alpha value is -2.47. The van der Waals surface area contributed by atoms with E-state index >= 15 is 0 Å². The van der Waals surface area contributed by atoms with E-state index in [9.17, 15) is 9.50 Å². The number of aromatic nitrogens is 3. The minimum absolute atomic E-state index is 0.385. The van der Waals surface area contributed by atoms with Gasteiger partial charge >= 0.3 is 0 Å². The van der Waals surface area contributed by atoms with Crippen LogP contribution < -0.4 is 0 Å². The molecule has 4 rings (SSSR count). The smallest absolute Gasteiger partial charge is 0.192 e. The van der Waals surface area contributed by atoms with Crippen molar-refractivity contribution in [3.8, 4) is 11.3 Å². The van der Waals surface area contributed by atoms with Gasteiger partial charge in [-0.1, -0.05) is 0 Å². The highest BCUT2D eigenvalue weighted by Gasteiger charge is 2.23. The molecule has 1 saturated carbocycles. The van der Waals surface area contributed by atoms with Crippen LogP contribution in [0.3, 0.4) is 0 Å². The standard InChI is InChI=1S/C20H22FN3O2/c1-12(25)18-8-16(21)5-6-17(18)20-19(23-13(2)26-20)7-15-9-22-24(11-15)10-14-3-4-14/h5-6,8-9,11-12,14,25H,3-4,7,10H2,1-2H3. The van der Waals surface area contributed by atoms with Gasteiger partial charge in [0.15, 0.2) is 11.7 Å². The zero-order valence-corrected chi connectivity index (χ0v) is 14.9. The van der Waals surface area contributed by atoms with E-state index < -0.39 is 6.10 Å². The van der Waals surface area contributed by atoms with Crippen LogP contribution in [0.4, 0.5) is 4.39 Å². The molecular weight excluding hydrogens is 333 g/mol. The molecule has 2 aromatic heterocycles. The molecule has 0 aliphatic heterocycles. The molecule has 1 N–H and O–H groups in total. The van der Waals surface area contributed by atoms with Gasteiger partial charge in [-0.05, 0) is 55.0 Å². The molecule has 1 atom stereocenters. The fourth-order valence-electron chi connectivity index (χ4n) is 3.24. The number of halogens is 1. The average Bonchev–Trinajstić information content (AvgIpc) is 3.18. The molecule has 0 bridgehead atoms. The molecule has 3 aromatic rings. The lowest BCUT2D eigenvalue weighted by atomic mass is 9.98. The first kappa shape index (κ1) is 17.0. The van der Waals surface area contributed by atoms with Gasteiger partial charge in [0.2, 0.25) is 0 Å². The van der Waals surface area contributed by atoms with Gasteiger partial charge in [-0.3, -0.25) is 4.68 Å². The van der Waals surface area contributed by atoms with Gasteiger partial charge in [0.1, 0.15) is 5.82 Å². The SMILES string of the molecule is Cc1nc(Cc2cnn(CC3CC3)c2)c(-c2ccc(F)cc2C(C)O)o1. The third-order valence-corrected chi connectivity index (χ3v) is 4.71. The number of hydrogen-bond acceptors (Lipinski definition) is 4. The topological polar surface area (TPSA) is 64.1 Å². The first-order valence-electron chi connectivity index (χ1n) is 8.95. The molecule has 1 aliphatic carbocycles. The van der Waals surface area contributed by atoms with Crippen molar-refractivity contribution >= 4 is 0 Å². The van der Waals surface area contributed by atoms with E-state index in [1.165, 1.54) is 25.0 Å². The van der Waals surface area contributed by atoms with E-state index in [-0.39, 0.29) is 5.82 Å². The van der Waals surface area contributed by atoms with Crippen molar-refractivity contribution in [1.29, 1.82) is 0 Å². The number of aliphatic hydroxyl groups is 1. The quantitative estimate of drug-likeness (QED) is 0.725. The molecular formula is C20H22FN3O2. The molecule has 5 nitrogen and oxygen atoms in total. The van der Waals surface area contributed by atoms with Crippen LogP contribution >= 0.6 is 0 Å². The fraction of sp³-hybridized carbons (Fsp3) is 0.400. The number of nitrogens with zero attached hydrogens (tertiary/aromatic N) is 3. The monoisotopic (exact) mass is 355 g/mol. The molecule has 6 heteroatoms. The Morgan fingerprint density at radius 2 is 2.19 bits per heavy atom. The lowest BCUT2D eigenvalue weighted by Crippen LogP contribution is -1.99. The Morgan fingerprint density at radius 1 is 1.38 bits per heavy atom. The second-order valence-electron chi connectivity index (χ2n) is 7.11. The van der Waals surface area contributed by atoms with Crippen LogP contribution in [0.25, 0.3) is 11.3 Å². The summed E-state index contributed by atoms with van der Waals surface area (Å²) in [5.74, 6) is 1.50. The van der Waals surface area contributed by atoms with Crippen LogP contribution in [0, 0.1) is 18.7 Å². The van der Waals surface area contributed by atoms with Crippen molar-refractivity contribution in [2.24, 2.45) is 5.92 Å². The lowest BCUT2D eigenvalue weighted by molar-refractivity contribution is 0.199. The second kappa shape index (κ2) is 6.68. The van der Waals surface area contributed by atoms with Crippen LogP contribution in [0.5, 0.6) is 0 Å².